The molecule has 0 aromatic heterocycles. The zero-order chi connectivity index (χ0) is 23.1. The number of aliphatic carboxylic acids is 2. The maximum Gasteiger partial charge on any atom is 0.410 e. The van der Waals surface area contributed by atoms with Gasteiger partial charge in [-0.05, 0) is 23.3 Å². The third kappa shape index (κ3) is 6.37. The van der Waals surface area contributed by atoms with Crippen LogP contribution < -0.4 is 4.90 Å². The van der Waals surface area contributed by atoms with Gasteiger partial charge >= 0.3 is 18.0 Å². The van der Waals surface area contributed by atoms with Crippen LogP contribution in [-0.2, 0) is 20.9 Å². The molecule has 0 radical (unpaired) electrons. The monoisotopic (exact) mass is 460 g/mol. The van der Waals surface area contributed by atoms with Gasteiger partial charge in [-0.1, -0.05) is 48.0 Å². The Morgan fingerprint density at radius 2 is 1.56 bits per heavy atom. The molecule has 1 aliphatic heterocycles. The van der Waals surface area contributed by atoms with Crippen molar-refractivity contribution in [2.24, 2.45) is 0 Å². The summed E-state index contributed by atoms with van der Waals surface area (Å²) < 4.78 is 5.38. The molecule has 8 nitrogen and oxygen atoms in total. The molecule has 2 aromatic carbocycles. The highest BCUT2D eigenvalue weighted by Crippen LogP contribution is 2.33. The smallest absolute Gasteiger partial charge is 0.410 e. The van der Waals surface area contributed by atoms with E-state index in [9.17, 15) is 14.4 Å². The molecule has 2 N–H and O–H groups in total. The second-order valence-corrected chi connectivity index (χ2v) is 8.02. The lowest BCUT2D eigenvalue weighted by Gasteiger charge is -2.36. The molecule has 0 spiro atoms. The van der Waals surface area contributed by atoms with Crippen molar-refractivity contribution in [3.05, 3.63) is 64.7 Å². The van der Waals surface area contributed by atoms with Crippen molar-refractivity contribution in [1.29, 1.82) is 0 Å². The highest BCUT2D eigenvalue weighted by atomic mass is 35.5. The van der Waals surface area contributed by atoms with Crippen LogP contribution in [0.3, 0.4) is 0 Å². The van der Waals surface area contributed by atoms with E-state index >= 15 is 0 Å². The van der Waals surface area contributed by atoms with Crippen molar-refractivity contribution < 1.29 is 29.3 Å². The summed E-state index contributed by atoms with van der Waals surface area (Å²) in [6, 6.07) is 14.6. The summed E-state index contributed by atoms with van der Waals surface area (Å²) in [5, 5.41) is 18.6. The molecule has 0 saturated carbocycles. The number of benzene rings is 2. The first kappa shape index (κ1) is 23.4. The van der Waals surface area contributed by atoms with E-state index < -0.39 is 17.9 Å². The minimum Gasteiger partial charge on any atom is -0.481 e. The molecule has 0 unspecified atom stereocenters. The Kier molecular flexibility index (Phi) is 7.94. The van der Waals surface area contributed by atoms with Crippen molar-refractivity contribution in [1.82, 2.24) is 4.90 Å². The standard InChI is InChI=1S/C23H25ClN2O6/c24-19-12-17(18(13-21(27)28)14-22(29)30)6-7-20(19)25-8-10-26(11-9-25)23(31)32-15-16-4-2-1-3-5-16/h1-7,12,18H,8-11,13-15H2,(H,27,28)(H,29,30). The SMILES string of the molecule is O=C(O)CC(CC(=O)O)c1ccc(N2CCN(C(=O)OCc3ccccc3)CC2)c(Cl)c1. The zero-order valence-corrected chi connectivity index (χ0v) is 18.2. The summed E-state index contributed by atoms with van der Waals surface area (Å²) >= 11 is 6.45. The highest BCUT2D eigenvalue weighted by molar-refractivity contribution is 6.33. The Morgan fingerprint density at radius 1 is 0.938 bits per heavy atom. The first-order chi connectivity index (χ1) is 15.3. The van der Waals surface area contributed by atoms with Crippen molar-refractivity contribution in [2.45, 2.75) is 25.4 Å². The van der Waals surface area contributed by atoms with Crippen LogP contribution in [0.1, 0.15) is 29.9 Å². The van der Waals surface area contributed by atoms with Gasteiger partial charge in [-0.25, -0.2) is 4.79 Å². The number of nitrogens with zero attached hydrogens (tertiary/aromatic N) is 2. The topological polar surface area (TPSA) is 107 Å². The van der Waals surface area contributed by atoms with Crippen molar-refractivity contribution in [3.8, 4) is 0 Å². The first-order valence-electron chi connectivity index (χ1n) is 10.3. The number of rotatable bonds is 8. The van der Waals surface area contributed by atoms with Crippen LogP contribution in [0.15, 0.2) is 48.5 Å². The lowest BCUT2D eigenvalue weighted by atomic mass is 9.92. The van der Waals surface area contributed by atoms with Gasteiger partial charge in [-0.2, -0.15) is 0 Å². The second kappa shape index (κ2) is 10.9. The fourth-order valence-electron chi connectivity index (χ4n) is 3.70. The number of carbonyl (C=O) groups excluding carboxylic acids is 1. The molecular weight excluding hydrogens is 436 g/mol. The molecule has 1 fully saturated rings. The molecule has 32 heavy (non-hydrogen) atoms. The van der Waals surface area contributed by atoms with E-state index in [1.165, 1.54) is 0 Å². The van der Waals surface area contributed by atoms with E-state index in [1.54, 1.807) is 23.1 Å². The molecule has 0 aliphatic carbocycles. The normalized spacial score (nSPS) is 13.8. The van der Waals surface area contributed by atoms with E-state index in [2.05, 4.69) is 0 Å². The molecule has 0 bridgehead atoms. The van der Waals surface area contributed by atoms with Gasteiger partial charge in [0.2, 0.25) is 0 Å². The Hall–Kier alpha value is -3.26. The van der Waals surface area contributed by atoms with Crippen molar-refractivity contribution >= 4 is 35.3 Å². The van der Waals surface area contributed by atoms with Gasteiger partial charge in [-0.3, -0.25) is 9.59 Å². The molecule has 2 aromatic rings. The van der Waals surface area contributed by atoms with Crippen LogP contribution >= 0.6 is 11.6 Å². The van der Waals surface area contributed by atoms with Gasteiger partial charge in [0.15, 0.2) is 0 Å². The largest absolute Gasteiger partial charge is 0.481 e. The van der Waals surface area contributed by atoms with Crippen LogP contribution in [0.4, 0.5) is 10.5 Å². The average molecular weight is 461 g/mol. The molecule has 1 amide bonds. The van der Waals surface area contributed by atoms with Crippen LogP contribution in [-0.4, -0.2) is 59.3 Å². The summed E-state index contributed by atoms with van der Waals surface area (Å²) in [5.41, 5.74) is 2.26. The molecule has 9 heteroatoms. The predicted molar refractivity (Wildman–Crippen MR) is 119 cm³/mol. The van der Waals surface area contributed by atoms with Gasteiger partial charge in [0, 0.05) is 32.1 Å². The lowest BCUT2D eigenvalue weighted by Crippen LogP contribution is -2.49. The lowest BCUT2D eigenvalue weighted by molar-refractivity contribution is -0.139. The van der Waals surface area contributed by atoms with Gasteiger partial charge in [-0.15, -0.1) is 0 Å². The van der Waals surface area contributed by atoms with E-state index in [4.69, 9.17) is 26.6 Å². The Bertz CT molecular complexity index is 944. The van der Waals surface area contributed by atoms with Crippen LogP contribution in [0.2, 0.25) is 5.02 Å². The van der Waals surface area contributed by atoms with Gasteiger partial charge in [0.25, 0.3) is 0 Å². The molecule has 1 saturated heterocycles. The molecular formula is C23H25ClN2O6. The summed E-state index contributed by atoms with van der Waals surface area (Å²) in [7, 11) is 0. The minimum absolute atomic E-state index is 0.223. The number of hydrogen-bond donors (Lipinski definition) is 2. The molecule has 170 valence electrons. The number of anilines is 1. The van der Waals surface area contributed by atoms with E-state index in [-0.39, 0.29) is 25.5 Å². The summed E-state index contributed by atoms with van der Waals surface area (Å²) in [4.78, 5) is 38.2. The van der Waals surface area contributed by atoms with Gasteiger partial charge in [0.1, 0.15) is 6.61 Å². The van der Waals surface area contributed by atoms with E-state index in [0.29, 0.717) is 36.8 Å². The number of ether oxygens (including phenoxy) is 1. The van der Waals surface area contributed by atoms with Crippen molar-refractivity contribution in [2.75, 3.05) is 31.1 Å². The molecule has 1 aliphatic rings. The number of amides is 1. The maximum absolute atomic E-state index is 12.3. The first-order valence-corrected chi connectivity index (χ1v) is 10.6. The number of halogens is 1. The number of carboxylic acids is 2. The minimum atomic E-state index is -1.06. The maximum atomic E-state index is 12.3. The Balaban J connectivity index is 1.58. The number of carbonyl (C=O) groups is 3. The summed E-state index contributed by atoms with van der Waals surface area (Å²) in [5.74, 6) is -2.79. The number of piperazine rings is 1. The van der Waals surface area contributed by atoms with Gasteiger partial charge in [0.05, 0.1) is 23.6 Å². The van der Waals surface area contributed by atoms with Crippen LogP contribution in [0.25, 0.3) is 0 Å². The third-order valence-electron chi connectivity index (χ3n) is 5.37. The average Bonchev–Trinajstić information content (AvgIpc) is 2.77. The van der Waals surface area contributed by atoms with Crippen LogP contribution in [0, 0.1) is 0 Å². The fraction of sp³-hybridized carbons (Fsp3) is 0.348. The van der Waals surface area contributed by atoms with Crippen LogP contribution in [0.5, 0.6) is 0 Å². The second-order valence-electron chi connectivity index (χ2n) is 7.62. The third-order valence-corrected chi connectivity index (χ3v) is 5.67. The molecule has 1 heterocycles. The number of carboxylic acid groups (broad SMARTS) is 2. The quantitative estimate of drug-likeness (QED) is 0.616. The van der Waals surface area contributed by atoms with Crippen molar-refractivity contribution in [3.63, 3.8) is 0 Å². The highest BCUT2D eigenvalue weighted by Gasteiger charge is 2.25. The summed E-state index contributed by atoms with van der Waals surface area (Å²) in [6.45, 7) is 2.31. The Morgan fingerprint density at radius 3 is 2.12 bits per heavy atom. The van der Waals surface area contributed by atoms with Gasteiger partial charge < -0.3 is 24.7 Å². The molecule has 3 rings (SSSR count). The molecule has 0 atom stereocenters. The number of hydrogen-bond acceptors (Lipinski definition) is 5. The van der Waals surface area contributed by atoms with E-state index in [0.717, 1.165) is 11.3 Å². The fourth-order valence-corrected chi connectivity index (χ4v) is 4.01. The predicted octanol–water partition coefficient (Wildman–Crippen LogP) is 3.83. The zero-order valence-electron chi connectivity index (χ0n) is 17.4. The van der Waals surface area contributed by atoms with E-state index in [1.807, 2.05) is 35.2 Å². The Labute approximate surface area is 191 Å². The summed E-state index contributed by atoms with van der Waals surface area (Å²) in [6.07, 6.45) is -0.933.